The zero-order valence-corrected chi connectivity index (χ0v) is 13.3. The number of halogens is 2. The van der Waals surface area contributed by atoms with Crippen LogP contribution in [0.2, 0.25) is 10.0 Å². The van der Waals surface area contributed by atoms with Crippen LogP contribution in [0.25, 0.3) is 0 Å². The van der Waals surface area contributed by atoms with Crippen molar-refractivity contribution in [3.8, 4) is 23.4 Å². The van der Waals surface area contributed by atoms with Crippen LogP contribution in [0.5, 0.6) is 23.4 Å². The molecule has 0 spiro atoms. The standard InChI is InChI=1S/C16H11Cl2N3O2/c17-10-1-5-12(6-2-10)22-15-9-14(19)20-16(21-15)23-13-7-3-11(18)4-8-13/h1-9H,(H2,19,20,21). The Balaban J connectivity index is 1.81. The van der Waals surface area contributed by atoms with Gasteiger partial charge < -0.3 is 15.2 Å². The fraction of sp³-hybridized carbons (Fsp3) is 0. The topological polar surface area (TPSA) is 70.3 Å². The first-order chi connectivity index (χ1) is 11.1. The zero-order valence-electron chi connectivity index (χ0n) is 11.7. The van der Waals surface area contributed by atoms with Crippen LogP contribution in [0.15, 0.2) is 54.6 Å². The predicted molar refractivity (Wildman–Crippen MR) is 89.5 cm³/mol. The summed E-state index contributed by atoms with van der Waals surface area (Å²) in [6.07, 6.45) is 0. The number of ether oxygens (including phenoxy) is 2. The number of nitrogens with zero attached hydrogens (tertiary/aromatic N) is 2. The van der Waals surface area contributed by atoms with Gasteiger partial charge in [-0.05, 0) is 48.5 Å². The average molecular weight is 348 g/mol. The van der Waals surface area contributed by atoms with Crippen LogP contribution in [0.3, 0.4) is 0 Å². The van der Waals surface area contributed by atoms with Crippen molar-refractivity contribution in [2.24, 2.45) is 0 Å². The summed E-state index contributed by atoms with van der Waals surface area (Å²) in [4.78, 5) is 8.19. The van der Waals surface area contributed by atoms with E-state index in [0.29, 0.717) is 21.5 Å². The highest BCUT2D eigenvalue weighted by Gasteiger charge is 2.07. The summed E-state index contributed by atoms with van der Waals surface area (Å²) in [6, 6.07) is 15.3. The SMILES string of the molecule is Nc1cc(Oc2ccc(Cl)cc2)nc(Oc2ccc(Cl)cc2)n1. The van der Waals surface area contributed by atoms with Gasteiger partial charge in [-0.15, -0.1) is 0 Å². The molecule has 0 saturated heterocycles. The van der Waals surface area contributed by atoms with Gasteiger partial charge >= 0.3 is 6.01 Å². The molecule has 5 nitrogen and oxygen atoms in total. The monoisotopic (exact) mass is 347 g/mol. The van der Waals surface area contributed by atoms with Crippen molar-refractivity contribution in [2.75, 3.05) is 5.73 Å². The van der Waals surface area contributed by atoms with Crippen LogP contribution < -0.4 is 15.2 Å². The Kier molecular flexibility index (Phi) is 4.50. The van der Waals surface area contributed by atoms with Crippen molar-refractivity contribution >= 4 is 29.0 Å². The van der Waals surface area contributed by atoms with E-state index < -0.39 is 0 Å². The first kappa shape index (κ1) is 15.4. The lowest BCUT2D eigenvalue weighted by atomic mass is 10.3. The van der Waals surface area contributed by atoms with Crippen LogP contribution in [0.4, 0.5) is 5.82 Å². The summed E-state index contributed by atoms with van der Waals surface area (Å²) in [7, 11) is 0. The molecule has 1 heterocycles. The van der Waals surface area contributed by atoms with Gasteiger partial charge in [-0.1, -0.05) is 23.2 Å². The van der Waals surface area contributed by atoms with Crippen LogP contribution in [0, 0.1) is 0 Å². The Morgan fingerprint density at radius 1 is 0.739 bits per heavy atom. The van der Waals surface area contributed by atoms with E-state index in [1.165, 1.54) is 6.07 Å². The molecule has 0 unspecified atom stereocenters. The van der Waals surface area contributed by atoms with Crippen molar-refractivity contribution in [2.45, 2.75) is 0 Å². The molecule has 2 aromatic carbocycles. The van der Waals surface area contributed by atoms with Crippen LogP contribution in [0.1, 0.15) is 0 Å². The molecule has 3 aromatic rings. The summed E-state index contributed by atoms with van der Waals surface area (Å²) >= 11 is 11.7. The molecule has 0 atom stereocenters. The van der Waals surface area contributed by atoms with Gasteiger partial charge in [0.25, 0.3) is 0 Å². The predicted octanol–water partition coefficient (Wildman–Crippen LogP) is 4.95. The number of nitrogen functional groups attached to an aromatic ring is 1. The second kappa shape index (κ2) is 6.73. The molecular weight excluding hydrogens is 337 g/mol. The van der Waals surface area contributed by atoms with E-state index >= 15 is 0 Å². The van der Waals surface area contributed by atoms with E-state index in [1.54, 1.807) is 48.5 Å². The van der Waals surface area contributed by atoms with Gasteiger partial charge in [0.15, 0.2) is 0 Å². The van der Waals surface area contributed by atoms with Crippen LogP contribution in [-0.2, 0) is 0 Å². The van der Waals surface area contributed by atoms with E-state index in [0.717, 1.165) is 0 Å². The zero-order chi connectivity index (χ0) is 16.2. The molecule has 0 amide bonds. The number of nitrogens with two attached hydrogens (primary N) is 1. The number of hydrogen-bond donors (Lipinski definition) is 1. The quantitative estimate of drug-likeness (QED) is 0.722. The third-order valence-corrected chi connectivity index (χ3v) is 3.26. The number of rotatable bonds is 4. The maximum absolute atomic E-state index is 5.84. The fourth-order valence-electron chi connectivity index (χ4n) is 1.75. The lowest BCUT2D eigenvalue weighted by molar-refractivity contribution is 0.412. The number of anilines is 1. The third-order valence-electron chi connectivity index (χ3n) is 2.76. The molecule has 0 aliphatic rings. The van der Waals surface area contributed by atoms with E-state index in [1.807, 2.05) is 0 Å². The largest absolute Gasteiger partial charge is 0.439 e. The number of benzene rings is 2. The minimum atomic E-state index is 0.0799. The maximum Gasteiger partial charge on any atom is 0.327 e. The van der Waals surface area contributed by atoms with Gasteiger partial charge in [0.2, 0.25) is 5.88 Å². The fourth-order valence-corrected chi connectivity index (χ4v) is 2.00. The molecule has 1 aromatic heterocycles. The lowest BCUT2D eigenvalue weighted by Gasteiger charge is -2.08. The third kappa shape index (κ3) is 4.25. The second-order valence-corrected chi connectivity index (χ2v) is 5.40. The van der Waals surface area contributed by atoms with Crippen LogP contribution >= 0.6 is 23.2 Å². The van der Waals surface area contributed by atoms with Crippen molar-refractivity contribution in [3.63, 3.8) is 0 Å². The lowest BCUT2D eigenvalue weighted by Crippen LogP contribution is -1.99. The van der Waals surface area contributed by atoms with Crippen molar-refractivity contribution < 1.29 is 9.47 Å². The maximum atomic E-state index is 5.84. The average Bonchev–Trinajstić information content (AvgIpc) is 2.51. The van der Waals surface area contributed by atoms with Crippen molar-refractivity contribution in [1.82, 2.24) is 9.97 Å². The summed E-state index contributed by atoms with van der Waals surface area (Å²) in [6.45, 7) is 0. The van der Waals surface area contributed by atoms with E-state index in [2.05, 4.69) is 9.97 Å². The molecular formula is C16H11Cl2N3O2. The molecule has 3 rings (SSSR count). The van der Waals surface area contributed by atoms with Gasteiger partial charge in [0, 0.05) is 16.1 Å². The highest BCUT2D eigenvalue weighted by atomic mass is 35.5. The Morgan fingerprint density at radius 3 is 1.83 bits per heavy atom. The molecule has 0 saturated carbocycles. The highest BCUT2D eigenvalue weighted by Crippen LogP contribution is 2.26. The normalized spacial score (nSPS) is 10.3. The Hall–Kier alpha value is -2.50. The first-order valence-electron chi connectivity index (χ1n) is 6.60. The second-order valence-electron chi connectivity index (χ2n) is 4.53. The summed E-state index contributed by atoms with van der Waals surface area (Å²) in [5.74, 6) is 1.61. The number of hydrogen-bond acceptors (Lipinski definition) is 5. The Morgan fingerprint density at radius 2 is 1.26 bits per heavy atom. The van der Waals surface area contributed by atoms with Gasteiger partial charge in [0.05, 0.1) is 0 Å². The molecule has 2 N–H and O–H groups in total. The van der Waals surface area contributed by atoms with Gasteiger partial charge in [0.1, 0.15) is 17.3 Å². The number of aromatic nitrogens is 2. The molecule has 0 aliphatic carbocycles. The van der Waals surface area contributed by atoms with E-state index in [9.17, 15) is 0 Å². The molecule has 116 valence electrons. The molecule has 0 aliphatic heterocycles. The first-order valence-corrected chi connectivity index (χ1v) is 7.35. The summed E-state index contributed by atoms with van der Waals surface area (Å²) < 4.78 is 11.2. The molecule has 0 fully saturated rings. The Bertz CT molecular complexity index is 743. The van der Waals surface area contributed by atoms with Crippen molar-refractivity contribution in [1.29, 1.82) is 0 Å². The van der Waals surface area contributed by atoms with Gasteiger partial charge in [-0.25, -0.2) is 0 Å². The molecule has 23 heavy (non-hydrogen) atoms. The Labute approximate surface area is 142 Å². The molecule has 0 radical (unpaired) electrons. The summed E-state index contributed by atoms with van der Waals surface area (Å²) in [5.41, 5.74) is 5.76. The van der Waals surface area contributed by atoms with E-state index in [4.69, 9.17) is 38.4 Å². The molecule has 0 bridgehead atoms. The minimum absolute atomic E-state index is 0.0799. The van der Waals surface area contributed by atoms with Crippen molar-refractivity contribution in [3.05, 3.63) is 64.6 Å². The minimum Gasteiger partial charge on any atom is -0.439 e. The summed E-state index contributed by atoms with van der Waals surface area (Å²) in [5, 5.41) is 1.23. The smallest absolute Gasteiger partial charge is 0.327 e. The molecule has 7 heteroatoms. The van der Waals surface area contributed by atoms with E-state index in [-0.39, 0.29) is 17.7 Å². The van der Waals surface area contributed by atoms with Gasteiger partial charge in [-0.3, -0.25) is 0 Å². The van der Waals surface area contributed by atoms with Gasteiger partial charge in [-0.2, -0.15) is 9.97 Å². The van der Waals surface area contributed by atoms with Crippen LogP contribution in [-0.4, -0.2) is 9.97 Å². The highest BCUT2D eigenvalue weighted by molar-refractivity contribution is 6.30.